The van der Waals surface area contributed by atoms with Gasteiger partial charge in [0.15, 0.2) is 0 Å². The number of hydrogen-bond donors (Lipinski definition) is 0. The van der Waals surface area contributed by atoms with Crippen LogP contribution >= 0.6 is 0 Å². The molecule has 88 valence electrons. The maximum absolute atomic E-state index is 7.50. The predicted molar refractivity (Wildman–Crippen MR) is 55.1 cm³/mol. The van der Waals surface area contributed by atoms with E-state index in [9.17, 15) is 0 Å². The Hall–Kier alpha value is -0.872. The second-order valence-electron chi connectivity index (χ2n) is 3.22. The molecule has 1 aliphatic carbocycles. The quantitative estimate of drug-likeness (QED) is 0.474. The Morgan fingerprint density at radius 3 is 1.65 bits per heavy atom. The van der Waals surface area contributed by atoms with Crippen LogP contribution in [-0.2, 0) is 47.9 Å². The summed E-state index contributed by atoms with van der Waals surface area (Å²) < 4.78 is 22.5. The average Bonchev–Trinajstić information content (AvgIpc) is 2.31. The summed E-state index contributed by atoms with van der Waals surface area (Å²) in [5, 5.41) is 0. The van der Waals surface area contributed by atoms with Crippen molar-refractivity contribution < 1.29 is 35.0 Å². The van der Waals surface area contributed by atoms with Crippen LogP contribution in [0.5, 0.6) is 0 Å². The van der Waals surface area contributed by atoms with E-state index in [1.54, 1.807) is 11.1 Å². The largest absolute Gasteiger partial charge is 0 e. The van der Waals surface area contributed by atoms with E-state index in [-0.39, 0.29) is 21.1 Å². The summed E-state index contributed by atoms with van der Waals surface area (Å²) in [7, 11) is 0. The number of fused-ring (bicyclic) bond motifs is 1. The minimum atomic E-state index is 0. The van der Waals surface area contributed by atoms with Gasteiger partial charge in [-0.1, -0.05) is 17.7 Å². The summed E-state index contributed by atoms with van der Waals surface area (Å²) in [6, 6.07) is 4.59. The van der Waals surface area contributed by atoms with Crippen LogP contribution in [0.3, 0.4) is 0 Å². The summed E-state index contributed by atoms with van der Waals surface area (Å²) in [5.74, 6) is 0. The van der Waals surface area contributed by atoms with Gasteiger partial charge in [-0.05, 0) is 43.4 Å². The van der Waals surface area contributed by atoms with Gasteiger partial charge in [0.2, 0.25) is 0 Å². The molecule has 0 aromatic heterocycles. The van der Waals surface area contributed by atoms with Gasteiger partial charge in [-0.2, -0.15) is 0 Å². The van der Waals surface area contributed by atoms with E-state index < -0.39 is 0 Å². The third-order valence-corrected chi connectivity index (χ3v) is 2.35. The van der Waals surface area contributed by atoms with Gasteiger partial charge in [-0.15, -0.1) is 0 Å². The summed E-state index contributed by atoms with van der Waals surface area (Å²) in [5.41, 5.74) is 6.08. The van der Waals surface area contributed by atoms with Crippen molar-refractivity contribution in [3.05, 3.63) is 54.3 Å². The fraction of sp³-hybridized carbons (Fsp3) is 0.308. The van der Waals surface area contributed by atoms with Crippen molar-refractivity contribution in [3.8, 4) is 0 Å². The fourth-order valence-corrected chi connectivity index (χ4v) is 1.75. The first kappa shape index (κ1) is 21.4. The molecule has 0 unspecified atom stereocenters. The zero-order valence-electron chi connectivity index (χ0n) is 9.70. The first-order valence-corrected chi connectivity index (χ1v) is 4.47. The van der Waals surface area contributed by atoms with Gasteiger partial charge in [0, 0.05) is 21.1 Å². The number of hydrogen-bond acceptors (Lipinski definition) is 0. The molecule has 0 aliphatic heterocycles. The molecule has 0 atom stereocenters. The molecule has 0 heterocycles. The van der Waals surface area contributed by atoms with Crippen molar-refractivity contribution in [1.29, 1.82) is 0 Å². The number of aryl methyl sites for hydroxylation is 3. The molecule has 0 saturated carbocycles. The Labute approximate surface area is 116 Å². The van der Waals surface area contributed by atoms with E-state index in [4.69, 9.17) is 14.0 Å². The van der Waals surface area contributed by atoms with Gasteiger partial charge in [-0.3, -0.25) is 0 Å². The Morgan fingerprint density at radius 1 is 0.882 bits per heavy atom. The zero-order chi connectivity index (χ0) is 13.1. The molecule has 0 bridgehead atoms. The molecule has 4 heteroatoms. The van der Waals surface area contributed by atoms with E-state index in [1.807, 2.05) is 0 Å². The van der Waals surface area contributed by atoms with Crippen molar-refractivity contribution in [3.63, 3.8) is 0 Å². The standard InChI is InChI=1S/C10H12.3CO.W/c1-7-5-8(2)10-4-3-9(10)6-7;3*1-2;/h5-6H,3-4H2,1-2H3;;;;. The second-order valence-corrected chi connectivity index (χ2v) is 3.22. The van der Waals surface area contributed by atoms with Gasteiger partial charge < -0.3 is 0 Å². The van der Waals surface area contributed by atoms with Crippen molar-refractivity contribution in [2.75, 3.05) is 0 Å². The van der Waals surface area contributed by atoms with E-state index >= 15 is 0 Å². The molecule has 1 aliphatic rings. The van der Waals surface area contributed by atoms with Crippen LogP contribution < -0.4 is 0 Å². The Kier molecular flexibility index (Phi) is 16.6. The van der Waals surface area contributed by atoms with Gasteiger partial charge in [0.05, 0.1) is 0 Å². The summed E-state index contributed by atoms with van der Waals surface area (Å²) in [4.78, 5) is 0. The van der Waals surface area contributed by atoms with Gasteiger partial charge >= 0.3 is 33.9 Å². The zero-order valence-corrected chi connectivity index (χ0v) is 12.6. The number of benzene rings is 1. The van der Waals surface area contributed by atoms with Crippen LogP contribution in [-0.4, -0.2) is 0 Å². The third kappa shape index (κ3) is 6.44. The van der Waals surface area contributed by atoms with Gasteiger partial charge in [0.1, 0.15) is 0 Å². The Bertz CT molecular complexity index is 360. The number of rotatable bonds is 0. The first-order valence-electron chi connectivity index (χ1n) is 4.47. The van der Waals surface area contributed by atoms with Crippen LogP contribution in [0.25, 0.3) is 0 Å². The van der Waals surface area contributed by atoms with Crippen molar-refractivity contribution >= 4 is 0 Å². The molecule has 1 aromatic carbocycles. The first-order chi connectivity index (χ1) is 7.77. The van der Waals surface area contributed by atoms with E-state index in [0.717, 1.165) is 0 Å². The second kappa shape index (κ2) is 13.2. The Morgan fingerprint density at radius 2 is 1.35 bits per heavy atom. The molecule has 0 amide bonds. The van der Waals surface area contributed by atoms with E-state index in [2.05, 4.69) is 45.9 Å². The third-order valence-electron chi connectivity index (χ3n) is 2.35. The normalized spacial score (nSPS) is 8.71. The summed E-state index contributed by atoms with van der Waals surface area (Å²) >= 11 is 0. The van der Waals surface area contributed by atoms with Crippen LogP contribution in [0, 0.1) is 33.8 Å². The maximum Gasteiger partial charge on any atom is 0 e. The molecule has 0 fully saturated rings. The maximum atomic E-state index is 7.50. The molecule has 3 nitrogen and oxygen atoms in total. The predicted octanol–water partition coefficient (Wildman–Crippen LogP) is 2.29. The smallest absolute Gasteiger partial charge is 0 e. The van der Waals surface area contributed by atoms with Gasteiger partial charge in [-0.25, -0.2) is 0 Å². The summed E-state index contributed by atoms with van der Waals surface area (Å²) in [6.45, 7) is 17.9. The molecule has 1 aromatic rings. The SMILES string of the molecule is Cc1cc(C)c2c(c1)CC2.[C-]#[O+].[C-]#[O+].[C-]#[O+].[W]. The minimum Gasteiger partial charge on any atom is 0 e. The van der Waals surface area contributed by atoms with Crippen molar-refractivity contribution in [2.24, 2.45) is 0 Å². The van der Waals surface area contributed by atoms with Crippen LogP contribution in [0.4, 0.5) is 0 Å². The molecule has 0 spiro atoms. The van der Waals surface area contributed by atoms with E-state index in [0.29, 0.717) is 0 Å². The molecule has 17 heavy (non-hydrogen) atoms. The molecular formula is C13H12O3W. The van der Waals surface area contributed by atoms with Crippen LogP contribution in [0.15, 0.2) is 12.1 Å². The molecule has 0 saturated heterocycles. The molecule has 0 radical (unpaired) electrons. The Balaban J connectivity index is -0.000000248. The van der Waals surface area contributed by atoms with Crippen LogP contribution in [0.2, 0.25) is 0 Å². The molecular weight excluding hydrogens is 388 g/mol. The van der Waals surface area contributed by atoms with Gasteiger partial charge in [0.25, 0.3) is 0 Å². The monoisotopic (exact) mass is 400 g/mol. The van der Waals surface area contributed by atoms with Crippen LogP contribution in [0.1, 0.15) is 22.3 Å². The molecule has 2 rings (SSSR count). The summed E-state index contributed by atoms with van der Waals surface area (Å²) in [6.07, 6.45) is 2.61. The average molecular weight is 400 g/mol. The minimum absolute atomic E-state index is 0. The van der Waals surface area contributed by atoms with Crippen molar-refractivity contribution in [2.45, 2.75) is 26.7 Å². The topological polar surface area (TPSA) is 59.7 Å². The fourth-order valence-electron chi connectivity index (χ4n) is 1.75. The van der Waals surface area contributed by atoms with E-state index in [1.165, 1.54) is 24.0 Å². The van der Waals surface area contributed by atoms with Crippen molar-refractivity contribution in [1.82, 2.24) is 0 Å². The molecule has 0 N–H and O–H groups in total.